The van der Waals surface area contributed by atoms with Crippen molar-refractivity contribution in [3.63, 3.8) is 0 Å². The lowest BCUT2D eigenvalue weighted by molar-refractivity contribution is -0.132. The molecule has 0 unspecified atom stereocenters. The molecule has 0 fully saturated rings. The largest absolute Gasteiger partial charge is 0.364 e. The van der Waals surface area contributed by atoms with Crippen LogP contribution in [0.15, 0.2) is 10.6 Å². The first-order valence-corrected chi connectivity index (χ1v) is 8.93. The molecule has 4 rings (SSSR count). The third-order valence-corrected chi connectivity index (χ3v) is 4.95. The van der Waals surface area contributed by atoms with Gasteiger partial charge in [0.2, 0.25) is 5.91 Å². The second-order valence-corrected chi connectivity index (χ2v) is 6.74. The lowest BCUT2D eigenvalue weighted by Gasteiger charge is -2.26. The van der Waals surface area contributed by atoms with Crippen LogP contribution in [0.4, 0.5) is 0 Å². The Labute approximate surface area is 162 Å². The number of nitrogens with zero attached hydrogens (tertiary/aromatic N) is 4. The number of primary amides is 1. The highest BCUT2D eigenvalue weighted by atomic mass is 35.5. The summed E-state index contributed by atoms with van der Waals surface area (Å²) in [6, 6.07) is 2.07. The molecule has 9 nitrogen and oxygen atoms in total. The Hall–Kier alpha value is -2.39. The predicted molar refractivity (Wildman–Crippen MR) is 98.3 cm³/mol. The minimum absolute atomic E-state index is 0. The van der Waals surface area contributed by atoms with E-state index in [1.54, 1.807) is 4.90 Å². The van der Waals surface area contributed by atoms with Crippen molar-refractivity contribution in [2.75, 3.05) is 13.1 Å². The summed E-state index contributed by atoms with van der Waals surface area (Å²) < 4.78 is 7.19. The molecule has 0 saturated carbocycles. The zero-order valence-electron chi connectivity index (χ0n) is 14.9. The van der Waals surface area contributed by atoms with Gasteiger partial charge in [-0.1, -0.05) is 5.16 Å². The van der Waals surface area contributed by atoms with Gasteiger partial charge in [0.05, 0.1) is 17.9 Å². The van der Waals surface area contributed by atoms with Gasteiger partial charge in [-0.15, -0.1) is 12.4 Å². The molecular formula is C17H23ClN6O3. The number of nitrogens with two attached hydrogens (primary N) is 1. The van der Waals surface area contributed by atoms with Gasteiger partial charge in [0.15, 0.2) is 5.69 Å². The number of carbonyl (C=O) groups is 2. The van der Waals surface area contributed by atoms with Crippen LogP contribution in [0, 0.1) is 0 Å². The summed E-state index contributed by atoms with van der Waals surface area (Å²) in [5.41, 5.74) is 8.19. The third kappa shape index (κ3) is 3.98. The van der Waals surface area contributed by atoms with E-state index in [1.807, 2.05) is 4.68 Å². The number of amides is 2. The zero-order valence-corrected chi connectivity index (χ0v) is 15.8. The lowest BCUT2D eigenvalue weighted by Crippen LogP contribution is -2.36. The van der Waals surface area contributed by atoms with E-state index in [4.69, 9.17) is 10.3 Å². The Morgan fingerprint density at radius 2 is 2.19 bits per heavy atom. The number of carbonyl (C=O) groups excluding carboxylic acids is 2. The average molecular weight is 395 g/mol. The van der Waals surface area contributed by atoms with Crippen molar-refractivity contribution in [2.45, 2.75) is 45.3 Å². The van der Waals surface area contributed by atoms with Crippen LogP contribution < -0.4 is 11.1 Å². The van der Waals surface area contributed by atoms with Crippen LogP contribution in [-0.2, 0) is 37.3 Å². The van der Waals surface area contributed by atoms with Crippen molar-refractivity contribution in [1.82, 2.24) is 25.2 Å². The first kappa shape index (κ1) is 19.4. The monoisotopic (exact) mass is 394 g/mol. The molecule has 10 heteroatoms. The van der Waals surface area contributed by atoms with Crippen LogP contribution >= 0.6 is 12.4 Å². The van der Waals surface area contributed by atoms with E-state index in [2.05, 4.69) is 21.6 Å². The fourth-order valence-electron chi connectivity index (χ4n) is 3.55. The minimum Gasteiger partial charge on any atom is -0.364 e. The normalized spacial score (nSPS) is 16.1. The summed E-state index contributed by atoms with van der Waals surface area (Å²) in [6.45, 7) is 3.61. The maximum absolute atomic E-state index is 12.6. The Bertz CT molecular complexity index is 822. The Morgan fingerprint density at radius 3 is 3.00 bits per heavy atom. The lowest BCUT2D eigenvalue weighted by atomic mass is 10.0. The van der Waals surface area contributed by atoms with Gasteiger partial charge in [0, 0.05) is 44.5 Å². The van der Waals surface area contributed by atoms with Gasteiger partial charge < -0.3 is 20.5 Å². The van der Waals surface area contributed by atoms with Crippen LogP contribution in [0.5, 0.6) is 0 Å². The van der Waals surface area contributed by atoms with E-state index in [0.717, 1.165) is 31.7 Å². The van der Waals surface area contributed by atoms with Crippen molar-refractivity contribution < 1.29 is 14.1 Å². The summed E-state index contributed by atoms with van der Waals surface area (Å²) in [7, 11) is 0. The van der Waals surface area contributed by atoms with E-state index in [9.17, 15) is 9.59 Å². The highest BCUT2D eigenvalue weighted by molar-refractivity contribution is 5.92. The summed E-state index contributed by atoms with van der Waals surface area (Å²) in [4.78, 5) is 25.7. The quantitative estimate of drug-likeness (QED) is 0.774. The highest BCUT2D eigenvalue weighted by Gasteiger charge is 2.28. The molecule has 27 heavy (non-hydrogen) atoms. The van der Waals surface area contributed by atoms with E-state index in [-0.39, 0.29) is 24.0 Å². The number of fused-ring (bicyclic) bond motifs is 2. The van der Waals surface area contributed by atoms with Gasteiger partial charge >= 0.3 is 0 Å². The second-order valence-electron chi connectivity index (χ2n) is 6.74. The van der Waals surface area contributed by atoms with Gasteiger partial charge in [-0.3, -0.25) is 14.3 Å². The fraction of sp³-hybridized carbons (Fsp3) is 0.529. The number of nitrogens with one attached hydrogen (secondary N) is 1. The van der Waals surface area contributed by atoms with Gasteiger partial charge in [-0.2, -0.15) is 5.10 Å². The van der Waals surface area contributed by atoms with Gasteiger partial charge in [0.1, 0.15) is 5.76 Å². The molecule has 2 aromatic rings. The predicted octanol–water partition coefficient (Wildman–Crippen LogP) is 0.403. The summed E-state index contributed by atoms with van der Waals surface area (Å²) in [5, 5.41) is 11.7. The smallest absolute Gasteiger partial charge is 0.271 e. The second kappa shape index (κ2) is 8.10. The first-order chi connectivity index (χ1) is 12.6. The number of halogens is 1. The Balaban J connectivity index is 0.00000210. The standard InChI is InChI=1S/C17H22N6O3.ClH/c18-17(25)16-13-10-22(7-4-14(13)26-21-16)15(24)3-2-11-8-12-9-19-5-1-6-23(12)20-11;/h8,19H,1-7,9-10H2,(H2,18,25);1H. The van der Waals surface area contributed by atoms with E-state index in [1.165, 1.54) is 5.69 Å². The molecule has 0 aromatic carbocycles. The summed E-state index contributed by atoms with van der Waals surface area (Å²) in [6.07, 6.45) is 2.60. The van der Waals surface area contributed by atoms with E-state index in [0.29, 0.717) is 43.7 Å². The fourth-order valence-corrected chi connectivity index (χ4v) is 3.55. The molecule has 0 atom stereocenters. The molecule has 0 bridgehead atoms. The zero-order chi connectivity index (χ0) is 18.1. The van der Waals surface area contributed by atoms with Crippen LogP contribution in [0.1, 0.15) is 46.0 Å². The van der Waals surface area contributed by atoms with Crippen LogP contribution in [0.3, 0.4) is 0 Å². The molecule has 3 N–H and O–H groups in total. The van der Waals surface area contributed by atoms with Crippen molar-refractivity contribution in [2.24, 2.45) is 5.73 Å². The van der Waals surface area contributed by atoms with E-state index < -0.39 is 5.91 Å². The number of rotatable bonds is 4. The van der Waals surface area contributed by atoms with Crippen molar-refractivity contribution >= 4 is 24.2 Å². The number of aryl methyl sites for hydroxylation is 2. The molecule has 2 aliphatic heterocycles. The third-order valence-electron chi connectivity index (χ3n) is 4.95. The Morgan fingerprint density at radius 1 is 1.33 bits per heavy atom. The average Bonchev–Trinajstić information content (AvgIpc) is 3.17. The molecular weight excluding hydrogens is 372 g/mol. The van der Waals surface area contributed by atoms with Crippen LogP contribution in [-0.4, -0.2) is 44.7 Å². The van der Waals surface area contributed by atoms with Crippen molar-refractivity contribution in [1.29, 1.82) is 0 Å². The maximum Gasteiger partial charge on any atom is 0.271 e. The maximum atomic E-state index is 12.6. The molecule has 2 aliphatic rings. The summed E-state index contributed by atoms with van der Waals surface area (Å²) in [5.74, 6) is 0.0548. The number of hydrogen-bond donors (Lipinski definition) is 2. The SMILES string of the molecule is Cl.NC(=O)c1noc2c1CN(C(=O)CCc1cc3n(n1)CCCNC3)CC2. The molecule has 2 amide bonds. The topological polar surface area (TPSA) is 119 Å². The van der Waals surface area contributed by atoms with Gasteiger partial charge in [-0.05, 0) is 19.0 Å². The highest BCUT2D eigenvalue weighted by Crippen LogP contribution is 2.23. The first-order valence-electron chi connectivity index (χ1n) is 8.93. The van der Waals surface area contributed by atoms with Crippen LogP contribution in [0.2, 0.25) is 0 Å². The van der Waals surface area contributed by atoms with Crippen molar-refractivity contribution in [3.8, 4) is 0 Å². The van der Waals surface area contributed by atoms with E-state index >= 15 is 0 Å². The molecule has 146 valence electrons. The van der Waals surface area contributed by atoms with Gasteiger partial charge in [0.25, 0.3) is 5.91 Å². The number of aromatic nitrogens is 3. The molecule has 0 saturated heterocycles. The molecule has 0 spiro atoms. The van der Waals surface area contributed by atoms with Crippen molar-refractivity contribution in [3.05, 3.63) is 34.5 Å². The number of hydrogen-bond acceptors (Lipinski definition) is 6. The molecule has 2 aromatic heterocycles. The van der Waals surface area contributed by atoms with Gasteiger partial charge in [-0.25, -0.2) is 0 Å². The van der Waals surface area contributed by atoms with Crippen LogP contribution in [0.25, 0.3) is 0 Å². The Kier molecular flexibility index (Phi) is 5.81. The molecule has 0 aliphatic carbocycles. The molecule has 4 heterocycles. The molecule has 0 radical (unpaired) electrons. The summed E-state index contributed by atoms with van der Waals surface area (Å²) >= 11 is 0. The minimum atomic E-state index is -0.627.